The molecule has 1 N–H and O–H groups in total. The third kappa shape index (κ3) is 5.32. The largest absolute Gasteiger partial charge is 0.314 e. The van der Waals surface area contributed by atoms with Gasteiger partial charge in [0.2, 0.25) is 0 Å². The first-order valence-corrected chi connectivity index (χ1v) is 9.82. The maximum atomic E-state index is 3.70. The molecule has 2 heterocycles. The van der Waals surface area contributed by atoms with E-state index in [1.165, 1.54) is 39.9 Å². The first kappa shape index (κ1) is 16.2. The second kappa shape index (κ2) is 8.98. The summed E-state index contributed by atoms with van der Waals surface area (Å²) in [6.45, 7) is 3.35. The van der Waals surface area contributed by atoms with Crippen molar-refractivity contribution in [2.75, 3.05) is 6.54 Å². The molecule has 110 valence electrons. The number of thiophene rings is 2. The summed E-state index contributed by atoms with van der Waals surface area (Å²) in [4.78, 5) is 2.98. The summed E-state index contributed by atoms with van der Waals surface area (Å²) >= 11 is 7.38. The van der Waals surface area contributed by atoms with Gasteiger partial charge in [-0.1, -0.05) is 13.0 Å². The molecule has 0 fully saturated rings. The van der Waals surface area contributed by atoms with Crippen molar-refractivity contribution >= 4 is 38.6 Å². The molecule has 0 saturated heterocycles. The van der Waals surface area contributed by atoms with E-state index in [4.69, 9.17) is 0 Å². The van der Waals surface area contributed by atoms with E-state index in [1.807, 2.05) is 22.7 Å². The lowest BCUT2D eigenvalue weighted by Gasteiger charge is -2.18. The Kier molecular flexibility index (Phi) is 7.28. The van der Waals surface area contributed by atoms with Gasteiger partial charge in [-0.3, -0.25) is 0 Å². The maximum Gasteiger partial charge on any atom is 0.0314 e. The van der Waals surface area contributed by atoms with Crippen LogP contribution in [0.1, 0.15) is 35.9 Å². The second-order valence-corrected chi connectivity index (χ2v) is 7.91. The van der Waals surface area contributed by atoms with Crippen LogP contribution in [0.25, 0.3) is 0 Å². The molecule has 1 unspecified atom stereocenters. The van der Waals surface area contributed by atoms with E-state index in [0.29, 0.717) is 6.04 Å². The third-order valence-electron chi connectivity index (χ3n) is 3.36. The van der Waals surface area contributed by atoms with E-state index in [1.54, 1.807) is 0 Å². The molecule has 0 aliphatic rings. The monoisotopic (exact) mass is 371 g/mol. The van der Waals surface area contributed by atoms with Gasteiger partial charge in [0, 0.05) is 20.3 Å². The summed E-state index contributed by atoms with van der Waals surface area (Å²) in [5.74, 6) is 0. The second-order valence-electron chi connectivity index (χ2n) is 5.02. The van der Waals surface area contributed by atoms with Crippen molar-refractivity contribution < 1.29 is 0 Å². The van der Waals surface area contributed by atoms with Crippen LogP contribution in [0.5, 0.6) is 0 Å². The minimum atomic E-state index is 0.602. The minimum absolute atomic E-state index is 0.602. The van der Waals surface area contributed by atoms with Crippen LogP contribution in [0, 0.1) is 0 Å². The van der Waals surface area contributed by atoms with Crippen molar-refractivity contribution in [2.45, 2.75) is 45.1 Å². The predicted molar refractivity (Wildman–Crippen MR) is 95.1 cm³/mol. The molecule has 0 radical (unpaired) electrons. The minimum Gasteiger partial charge on any atom is -0.314 e. The van der Waals surface area contributed by atoms with Crippen molar-refractivity contribution in [1.29, 1.82) is 0 Å². The molecule has 4 heteroatoms. The Balaban J connectivity index is 1.81. The molecule has 1 atom stereocenters. The molecule has 2 aromatic rings. The molecule has 20 heavy (non-hydrogen) atoms. The van der Waals surface area contributed by atoms with Crippen molar-refractivity contribution in [1.82, 2.24) is 5.32 Å². The van der Waals surface area contributed by atoms with Crippen molar-refractivity contribution in [3.05, 3.63) is 43.2 Å². The zero-order valence-electron chi connectivity index (χ0n) is 11.9. The smallest absolute Gasteiger partial charge is 0.0314 e. The highest BCUT2D eigenvalue weighted by Crippen LogP contribution is 2.25. The summed E-state index contributed by atoms with van der Waals surface area (Å²) in [5, 5.41) is 8.04. The van der Waals surface area contributed by atoms with Crippen LogP contribution >= 0.6 is 38.6 Å². The van der Waals surface area contributed by atoms with Gasteiger partial charge < -0.3 is 5.32 Å². The molecular formula is C16H22BrNS2. The van der Waals surface area contributed by atoms with E-state index in [0.717, 1.165) is 13.0 Å². The Morgan fingerprint density at radius 2 is 2.15 bits per heavy atom. The van der Waals surface area contributed by atoms with Crippen LogP contribution < -0.4 is 5.32 Å². The number of rotatable bonds is 9. The summed E-state index contributed by atoms with van der Waals surface area (Å²) in [5.41, 5.74) is 0. The molecular weight excluding hydrogens is 350 g/mol. The molecule has 0 amide bonds. The average molecular weight is 372 g/mol. The molecule has 0 spiro atoms. The fraction of sp³-hybridized carbons (Fsp3) is 0.500. The Bertz CT molecular complexity index is 478. The SMILES string of the molecule is CCCNC(CCCc1cccs1)Cc1sccc1Br. The quantitative estimate of drug-likeness (QED) is 0.612. The number of hydrogen-bond acceptors (Lipinski definition) is 3. The van der Waals surface area contributed by atoms with E-state index in [9.17, 15) is 0 Å². The fourth-order valence-corrected chi connectivity index (χ4v) is 4.64. The molecule has 0 saturated carbocycles. The molecule has 0 aromatic carbocycles. The molecule has 2 rings (SSSR count). The number of hydrogen-bond donors (Lipinski definition) is 1. The molecule has 0 bridgehead atoms. The highest BCUT2D eigenvalue weighted by molar-refractivity contribution is 9.10. The van der Waals surface area contributed by atoms with Crippen LogP contribution in [0.4, 0.5) is 0 Å². The Labute approximate surface area is 138 Å². The van der Waals surface area contributed by atoms with E-state index >= 15 is 0 Å². The van der Waals surface area contributed by atoms with Crippen molar-refractivity contribution in [3.63, 3.8) is 0 Å². The van der Waals surface area contributed by atoms with Gasteiger partial charge in [-0.05, 0) is 77.5 Å². The Morgan fingerprint density at radius 3 is 2.80 bits per heavy atom. The van der Waals surface area contributed by atoms with Gasteiger partial charge in [0.05, 0.1) is 0 Å². The molecule has 2 aromatic heterocycles. The van der Waals surface area contributed by atoms with E-state index < -0.39 is 0 Å². The fourth-order valence-electron chi connectivity index (χ4n) is 2.30. The summed E-state index contributed by atoms with van der Waals surface area (Å²) in [6, 6.07) is 7.15. The summed E-state index contributed by atoms with van der Waals surface area (Å²) < 4.78 is 1.27. The summed E-state index contributed by atoms with van der Waals surface area (Å²) in [6.07, 6.45) is 6.08. The maximum absolute atomic E-state index is 3.70. The van der Waals surface area contributed by atoms with Gasteiger partial charge in [-0.25, -0.2) is 0 Å². The zero-order valence-corrected chi connectivity index (χ0v) is 15.1. The van der Waals surface area contributed by atoms with Crippen LogP contribution in [0.3, 0.4) is 0 Å². The first-order valence-electron chi connectivity index (χ1n) is 7.27. The standard InChI is InChI=1S/C16H22BrNS2/c1-2-9-18-13(12-16-15(17)8-11-20-16)5-3-6-14-7-4-10-19-14/h4,7-8,10-11,13,18H,2-3,5-6,9,12H2,1H3. The van der Waals surface area contributed by atoms with Gasteiger partial charge in [0.1, 0.15) is 0 Å². The topological polar surface area (TPSA) is 12.0 Å². The van der Waals surface area contributed by atoms with Gasteiger partial charge in [-0.15, -0.1) is 22.7 Å². The van der Waals surface area contributed by atoms with E-state index in [2.05, 4.69) is 57.1 Å². The number of nitrogens with one attached hydrogen (secondary N) is 1. The van der Waals surface area contributed by atoms with Gasteiger partial charge in [0.15, 0.2) is 0 Å². The lowest BCUT2D eigenvalue weighted by Crippen LogP contribution is -2.31. The summed E-state index contributed by atoms with van der Waals surface area (Å²) in [7, 11) is 0. The predicted octanol–water partition coefficient (Wildman–Crippen LogP) is 5.51. The van der Waals surface area contributed by atoms with Crippen LogP contribution in [-0.2, 0) is 12.8 Å². The van der Waals surface area contributed by atoms with Crippen LogP contribution in [0.15, 0.2) is 33.4 Å². The average Bonchev–Trinajstić information content (AvgIpc) is 3.08. The van der Waals surface area contributed by atoms with Crippen LogP contribution in [0.2, 0.25) is 0 Å². The van der Waals surface area contributed by atoms with Crippen LogP contribution in [-0.4, -0.2) is 12.6 Å². The van der Waals surface area contributed by atoms with Gasteiger partial charge >= 0.3 is 0 Å². The normalized spacial score (nSPS) is 12.7. The Hall–Kier alpha value is -0.160. The third-order valence-corrected chi connectivity index (χ3v) is 6.25. The van der Waals surface area contributed by atoms with Crippen molar-refractivity contribution in [2.24, 2.45) is 0 Å². The molecule has 1 nitrogen and oxygen atoms in total. The molecule has 0 aliphatic heterocycles. The lowest BCUT2D eigenvalue weighted by molar-refractivity contribution is 0.467. The highest BCUT2D eigenvalue weighted by atomic mass is 79.9. The molecule has 0 aliphatic carbocycles. The first-order chi connectivity index (χ1) is 9.79. The lowest BCUT2D eigenvalue weighted by atomic mass is 10.0. The van der Waals surface area contributed by atoms with Gasteiger partial charge in [0.25, 0.3) is 0 Å². The van der Waals surface area contributed by atoms with E-state index in [-0.39, 0.29) is 0 Å². The number of halogens is 1. The van der Waals surface area contributed by atoms with Crippen molar-refractivity contribution in [3.8, 4) is 0 Å². The highest BCUT2D eigenvalue weighted by Gasteiger charge is 2.12. The number of aryl methyl sites for hydroxylation is 1. The zero-order chi connectivity index (χ0) is 14.2. The van der Waals surface area contributed by atoms with Gasteiger partial charge in [-0.2, -0.15) is 0 Å². The Morgan fingerprint density at radius 1 is 1.25 bits per heavy atom.